The third-order valence-electron chi connectivity index (χ3n) is 2.24. The van der Waals surface area contributed by atoms with Crippen LogP contribution >= 0.6 is 0 Å². The van der Waals surface area contributed by atoms with Gasteiger partial charge in [-0.2, -0.15) is 13.2 Å². The van der Waals surface area contributed by atoms with Gasteiger partial charge >= 0.3 is 6.18 Å². The van der Waals surface area contributed by atoms with Crippen molar-refractivity contribution in [1.29, 1.82) is 0 Å². The molecule has 0 spiro atoms. The summed E-state index contributed by atoms with van der Waals surface area (Å²) in [6.07, 6.45) is -4.74. The number of nitrogens with two attached hydrogens (primary N) is 1. The van der Waals surface area contributed by atoms with E-state index >= 15 is 0 Å². The Morgan fingerprint density at radius 3 is 2.50 bits per heavy atom. The van der Waals surface area contributed by atoms with E-state index in [0.717, 1.165) is 6.07 Å². The van der Waals surface area contributed by atoms with Gasteiger partial charge in [0.1, 0.15) is 11.6 Å². The standard InChI is InChI=1S/C12H15F4NO/c13-10-6-9(2-4-17)7-11(8-10)18-5-1-3-12(14,15)16/h6-8H,1-5,17H2. The maximum atomic E-state index is 13.1. The van der Waals surface area contributed by atoms with Gasteiger partial charge < -0.3 is 10.5 Å². The monoisotopic (exact) mass is 265 g/mol. The molecule has 0 atom stereocenters. The van der Waals surface area contributed by atoms with Crippen LogP contribution in [0.15, 0.2) is 18.2 Å². The van der Waals surface area contributed by atoms with Gasteiger partial charge in [0, 0.05) is 12.5 Å². The molecule has 0 bridgehead atoms. The molecule has 0 aliphatic carbocycles. The maximum Gasteiger partial charge on any atom is 0.389 e. The lowest BCUT2D eigenvalue weighted by molar-refractivity contribution is -0.136. The minimum Gasteiger partial charge on any atom is -0.493 e. The predicted molar refractivity (Wildman–Crippen MR) is 59.9 cm³/mol. The van der Waals surface area contributed by atoms with Gasteiger partial charge in [0.05, 0.1) is 6.61 Å². The predicted octanol–water partition coefficient (Wildman–Crippen LogP) is 3.05. The van der Waals surface area contributed by atoms with Gasteiger partial charge in [-0.05, 0) is 37.1 Å². The zero-order chi connectivity index (χ0) is 13.6. The molecule has 0 saturated carbocycles. The summed E-state index contributed by atoms with van der Waals surface area (Å²) in [5.74, 6) is -0.243. The van der Waals surface area contributed by atoms with Crippen LogP contribution < -0.4 is 10.5 Å². The molecule has 0 aliphatic heterocycles. The van der Waals surface area contributed by atoms with Crippen molar-refractivity contribution in [1.82, 2.24) is 0 Å². The normalized spacial score (nSPS) is 11.6. The van der Waals surface area contributed by atoms with Crippen LogP contribution in [0.5, 0.6) is 5.75 Å². The number of halogens is 4. The lowest BCUT2D eigenvalue weighted by Crippen LogP contribution is -2.10. The fraction of sp³-hybridized carbons (Fsp3) is 0.500. The molecule has 0 radical (unpaired) electrons. The van der Waals surface area contributed by atoms with Crippen molar-refractivity contribution in [3.05, 3.63) is 29.6 Å². The molecule has 0 amide bonds. The molecule has 1 aromatic carbocycles. The molecular formula is C12H15F4NO. The minimum atomic E-state index is -4.18. The molecule has 0 aliphatic rings. The van der Waals surface area contributed by atoms with Gasteiger partial charge in [-0.3, -0.25) is 0 Å². The second kappa shape index (κ2) is 6.58. The Morgan fingerprint density at radius 1 is 1.17 bits per heavy atom. The molecule has 18 heavy (non-hydrogen) atoms. The zero-order valence-electron chi connectivity index (χ0n) is 9.77. The van der Waals surface area contributed by atoms with Crippen molar-refractivity contribution >= 4 is 0 Å². The molecule has 0 fully saturated rings. The van der Waals surface area contributed by atoms with Gasteiger partial charge in [-0.1, -0.05) is 0 Å². The topological polar surface area (TPSA) is 35.2 Å². The first kappa shape index (κ1) is 14.8. The number of hydrogen-bond donors (Lipinski definition) is 1. The van der Waals surface area contributed by atoms with Crippen LogP contribution in [-0.4, -0.2) is 19.3 Å². The largest absolute Gasteiger partial charge is 0.493 e. The highest BCUT2D eigenvalue weighted by Crippen LogP contribution is 2.22. The van der Waals surface area contributed by atoms with Crippen molar-refractivity contribution in [2.24, 2.45) is 5.73 Å². The number of hydrogen-bond acceptors (Lipinski definition) is 2. The summed E-state index contributed by atoms with van der Waals surface area (Å²) in [6, 6.07) is 4.06. The summed E-state index contributed by atoms with van der Waals surface area (Å²) in [4.78, 5) is 0. The Labute approximate surface area is 103 Å². The van der Waals surface area contributed by atoms with E-state index in [2.05, 4.69) is 0 Å². The van der Waals surface area contributed by atoms with E-state index in [0.29, 0.717) is 18.5 Å². The van der Waals surface area contributed by atoms with Gasteiger partial charge in [-0.15, -0.1) is 0 Å². The Balaban J connectivity index is 2.46. The highest BCUT2D eigenvalue weighted by molar-refractivity contribution is 5.29. The van der Waals surface area contributed by atoms with E-state index in [9.17, 15) is 17.6 Å². The number of ether oxygens (including phenoxy) is 1. The molecule has 0 heterocycles. The maximum absolute atomic E-state index is 13.1. The molecule has 1 aromatic rings. The summed E-state index contributed by atoms with van der Waals surface area (Å²) in [6.45, 7) is 0.280. The van der Waals surface area contributed by atoms with Crippen molar-refractivity contribution in [2.75, 3.05) is 13.2 Å². The Morgan fingerprint density at radius 2 is 1.89 bits per heavy atom. The molecule has 6 heteroatoms. The van der Waals surface area contributed by atoms with Crippen molar-refractivity contribution in [3.63, 3.8) is 0 Å². The number of alkyl halides is 3. The Kier molecular flexibility index (Phi) is 5.40. The number of benzene rings is 1. The Bertz CT molecular complexity index is 379. The molecule has 1 rings (SSSR count). The Hall–Kier alpha value is -1.30. The molecule has 2 N–H and O–H groups in total. The third kappa shape index (κ3) is 5.86. The molecule has 0 unspecified atom stereocenters. The zero-order valence-corrected chi connectivity index (χ0v) is 9.77. The highest BCUT2D eigenvalue weighted by atomic mass is 19.4. The third-order valence-corrected chi connectivity index (χ3v) is 2.24. The average Bonchev–Trinajstić information content (AvgIpc) is 2.23. The van der Waals surface area contributed by atoms with E-state index in [-0.39, 0.29) is 18.8 Å². The molecule has 2 nitrogen and oxygen atoms in total. The second-order valence-electron chi connectivity index (χ2n) is 3.90. The first-order valence-corrected chi connectivity index (χ1v) is 5.60. The van der Waals surface area contributed by atoms with E-state index < -0.39 is 18.4 Å². The van der Waals surface area contributed by atoms with E-state index in [1.165, 1.54) is 6.07 Å². The van der Waals surface area contributed by atoms with E-state index in [1.54, 1.807) is 6.07 Å². The lowest BCUT2D eigenvalue weighted by atomic mass is 10.1. The quantitative estimate of drug-likeness (QED) is 0.633. The van der Waals surface area contributed by atoms with Crippen LogP contribution in [0.25, 0.3) is 0 Å². The second-order valence-corrected chi connectivity index (χ2v) is 3.90. The highest BCUT2D eigenvalue weighted by Gasteiger charge is 2.26. The van der Waals surface area contributed by atoms with Crippen LogP contribution in [0, 0.1) is 5.82 Å². The minimum absolute atomic E-state index is 0.0922. The van der Waals surface area contributed by atoms with Crippen LogP contribution in [0.1, 0.15) is 18.4 Å². The fourth-order valence-corrected chi connectivity index (χ4v) is 1.48. The smallest absolute Gasteiger partial charge is 0.389 e. The molecule has 0 saturated heterocycles. The first-order chi connectivity index (χ1) is 8.40. The molecule has 0 aromatic heterocycles. The van der Waals surface area contributed by atoms with E-state index in [1.807, 2.05) is 0 Å². The van der Waals surface area contributed by atoms with Crippen LogP contribution in [-0.2, 0) is 6.42 Å². The van der Waals surface area contributed by atoms with Crippen LogP contribution in [0.2, 0.25) is 0 Å². The lowest BCUT2D eigenvalue weighted by Gasteiger charge is -2.09. The molecule has 102 valence electrons. The fourth-order valence-electron chi connectivity index (χ4n) is 1.48. The van der Waals surface area contributed by atoms with Gasteiger partial charge in [-0.25, -0.2) is 4.39 Å². The van der Waals surface area contributed by atoms with Gasteiger partial charge in [0.15, 0.2) is 0 Å². The van der Waals surface area contributed by atoms with E-state index in [4.69, 9.17) is 10.5 Å². The SMILES string of the molecule is NCCc1cc(F)cc(OCCCC(F)(F)F)c1. The first-order valence-electron chi connectivity index (χ1n) is 5.60. The van der Waals surface area contributed by atoms with Crippen molar-refractivity contribution in [3.8, 4) is 5.75 Å². The van der Waals surface area contributed by atoms with Crippen molar-refractivity contribution in [2.45, 2.75) is 25.4 Å². The summed E-state index contributed by atoms with van der Waals surface area (Å²) in [5.41, 5.74) is 6.01. The van der Waals surface area contributed by atoms with Gasteiger partial charge in [0.25, 0.3) is 0 Å². The van der Waals surface area contributed by atoms with Crippen LogP contribution in [0.3, 0.4) is 0 Å². The molecular weight excluding hydrogens is 250 g/mol. The number of rotatable bonds is 6. The summed E-state index contributed by atoms with van der Waals surface area (Å²) in [7, 11) is 0. The average molecular weight is 265 g/mol. The summed E-state index contributed by atoms with van der Waals surface area (Å²) < 4.78 is 53.9. The van der Waals surface area contributed by atoms with Gasteiger partial charge in [0.2, 0.25) is 0 Å². The summed E-state index contributed by atoms with van der Waals surface area (Å²) in [5, 5.41) is 0. The van der Waals surface area contributed by atoms with Crippen LogP contribution in [0.4, 0.5) is 17.6 Å². The van der Waals surface area contributed by atoms with Crippen molar-refractivity contribution < 1.29 is 22.3 Å². The summed E-state index contributed by atoms with van der Waals surface area (Å²) >= 11 is 0.